The molecule has 0 amide bonds. The van der Waals surface area contributed by atoms with Crippen LogP contribution in [0.1, 0.15) is 46.5 Å². The van der Waals surface area contributed by atoms with E-state index in [4.69, 9.17) is 0 Å². The van der Waals surface area contributed by atoms with E-state index in [1.807, 2.05) is 43.3 Å². The minimum atomic E-state index is -0.845. The number of aromatic nitrogens is 4. The van der Waals surface area contributed by atoms with E-state index in [1.54, 1.807) is 50.2 Å². The number of aryl methyl sites for hydroxylation is 3. The zero-order chi connectivity index (χ0) is 27.0. The van der Waals surface area contributed by atoms with Gasteiger partial charge in [0.25, 0.3) is 16.8 Å². The highest BCUT2D eigenvalue weighted by Gasteiger charge is 2.32. The van der Waals surface area contributed by atoms with Gasteiger partial charge in [-0.25, -0.2) is 9.36 Å². The second-order valence-corrected chi connectivity index (χ2v) is 9.19. The number of benzene rings is 3. The summed E-state index contributed by atoms with van der Waals surface area (Å²) < 4.78 is 2.87. The Morgan fingerprint density at radius 2 is 1.26 bits per heavy atom. The van der Waals surface area contributed by atoms with Gasteiger partial charge in [-0.2, -0.15) is 0 Å². The van der Waals surface area contributed by atoms with Crippen molar-refractivity contribution in [1.29, 1.82) is 0 Å². The lowest BCUT2D eigenvalue weighted by atomic mass is 9.84. The van der Waals surface area contributed by atoms with E-state index in [-0.39, 0.29) is 16.8 Å². The molecule has 0 aliphatic carbocycles. The lowest BCUT2D eigenvalue weighted by molar-refractivity contribution is -0.385. The monoisotopic (exact) mass is 509 g/mol. The molecular weight excluding hydrogens is 482 g/mol. The summed E-state index contributed by atoms with van der Waals surface area (Å²) in [6.07, 6.45) is 0.481. The molecule has 2 aromatic heterocycles. The molecule has 0 radical (unpaired) electrons. The summed E-state index contributed by atoms with van der Waals surface area (Å²) in [5.74, 6) is -0.845. The highest BCUT2D eigenvalue weighted by Crippen LogP contribution is 2.35. The quantitative estimate of drug-likeness (QED) is 0.239. The van der Waals surface area contributed by atoms with Crippen molar-refractivity contribution in [3.63, 3.8) is 0 Å². The third-order valence-electron chi connectivity index (χ3n) is 6.86. The summed E-state index contributed by atoms with van der Waals surface area (Å²) in [7, 11) is 0. The van der Waals surface area contributed by atoms with Crippen LogP contribution in [0.25, 0.3) is 11.4 Å². The summed E-state index contributed by atoms with van der Waals surface area (Å²) in [6, 6.07) is 23.2. The van der Waals surface area contributed by atoms with Gasteiger partial charge in [-0.05, 0) is 50.1 Å². The molecule has 9 nitrogen and oxygen atoms in total. The molecule has 0 unspecified atom stereocenters. The zero-order valence-electron chi connectivity index (χ0n) is 21.3. The summed E-state index contributed by atoms with van der Waals surface area (Å²) in [5.41, 5.74) is 3.51. The van der Waals surface area contributed by atoms with E-state index in [9.17, 15) is 19.7 Å². The topological polar surface area (TPSA) is 119 Å². The van der Waals surface area contributed by atoms with Crippen molar-refractivity contribution in [3.05, 3.63) is 143 Å². The fourth-order valence-corrected chi connectivity index (χ4v) is 5.02. The Morgan fingerprint density at radius 1 is 0.789 bits per heavy atom. The maximum atomic E-state index is 13.9. The first-order valence-corrected chi connectivity index (χ1v) is 12.3. The molecule has 9 heteroatoms. The van der Waals surface area contributed by atoms with E-state index in [1.165, 1.54) is 15.4 Å². The van der Waals surface area contributed by atoms with E-state index < -0.39 is 10.8 Å². The number of H-pyrrole nitrogens is 2. The fraction of sp³-hybridized carbons (Fsp3) is 0.172. The van der Waals surface area contributed by atoms with Gasteiger partial charge < -0.3 is 0 Å². The van der Waals surface area contributed by atoms with E-state index in [0.717, 1.165) is 0 Å². The zero-order valence-corrected chi connectivity index (χ0v) is 21.3. The second-order valence-electron chi connectivity index (χ2n) is 9.19. The van der Waals surface area contributed by atoms with Gasteiger partial charge in [0.2, 0.25) is 0 Å². The van der Waals surface area contributed by atoms with Gasteiger partial charge >= 0.3 is 0 Å². The van der Waals surface area contributed by atoms with Crippen LogP contribution in [0.5, 0.6) is 0 Å². The molecule has 0 atom stereocenters. The molecule has 0 spiro atoms. The molecule has 5 rings (SSSR count). The van der Waals surface area contributed by atoms with Crippen molar-refractivity contribution in [2.75, 3.05) is 0 Å². The number of nitrogens with one attached hydrogen (secondary N) is 2. The summed E-state index contributed by atoms with van der Waals surface area (Å²) in [4.78, 5) is 39.3. The first-order chi connectivity index (χ1) is 18.3. The molecular formula is C29H27N5O4. The van der Waals surface area contributed by atoms with Crippen molar-refractivity contribution in [2.24, 2.45) is 0 Å². The van der Waals surface area contributed by atoms with Gasteiger partial charge in [0.15, 0.2) is 0 Å². The Hall–Kier alpha value is -4.92. The van der Waals surface area contributed by atoms with Crippen LogP contribution in [0.3, 0.4) is 0 Å². The van der Waals surface area contributed by atoms with Crippen molar-refractivity contribution >= 4 is 5.69 Å². The molecule has 2 N–H and O–H groups in total. The maximum absolute atomic E-state index is 13.9. The first-order valence-electron chi connectivity index (χ1n) is 12.3. The van der Waals surface area contributed by atoms with Crippen molar-refractivity contribution in [3.8, 4) is 11.4 Å². The van der Waals surface area contributed by atoms with Gasteiger partial charge in [-0.3, -0.25) is 29.9 Å². The van der Waals surface area contributed by atoms with Crippen molar-refractivity contribution in [1.82, 2.24) is 19.6 Å². The van der Waals surface area contributed by atoms with Crippen LogP contribution in [0.2, 0.25) is 0 Å². The number of nitrogens with zero attached hydrogens (tertiary/aromatic N) is 3. The molecule has 0 bridgehead atoms. The number of hydrogen-bond donors (Lipinski definition) is 2. The van der Waals surface area contributed by atoms with Gasteiger partial charge in [0, 0.05) is 28.9 Å². The van der Waals surface area contributed by atoms with Gasteiger partial charge in [-0.15, -0.1) is 0 Å². The Bertz CT molecular complexity index is 1650. The number of rotatable bonds is 7. The van der Waals surface area contributed by atoms with Crippen molar-refractivity contribution < 1.29 is 4.92 Å². The average molecular weight is 510 g/mol. The van der Waals surface area contributed by atoms with Crippen LogP contribution in [0.15, 0.2) is 88.5 Å². The first kappa shape index (κ1) is 24.8. The number of aromatic amines is 2. The minimum absolute atomic E-state index is 0.0388. The largest absolute Gasteiger partial charge is 0.295 e. The van der Waals surface area contributed by atoms with Gasteiger partial charge in [0.05, 0.1) is 27.4 Å². The van der Waals surface area contributed by atoms with Crippen LogP contribution in [-0.4, -0.2) is 24.5 Å². The predicted molar refractivity (Wildman–Crippen MR) is 146 cm³/mol. The standard InChI is InChI=1S/C29H27N5O4/c1-4-20-15-16-21(17-24(20)34(37)38)27(25-18(2)30-32(28(25)35)22-11-7-5-8-12-22)26-19(3)31-33(29(26)36)23-13-9-6-10-14-23/h5-17,27,30-31H,4H2,1-3H3. The van der Waals surface area contributed by atoms with E-state index in [0.29, 0.717) is 51.4 Å². The van der Waals surface area contributed by atoms with Crippen LogP contribution in [0, 0.1) is 24.0 Å². The highest BCUT2D eigenvalue weighted by atomic mass is 16.6. The SMILES string of the molecule is CCc1ccc(C(c2c(C)[nH]n(-c3ccccc3)c2=O)c2c(C)[nH]n(-c3ccccc3)c2=O)cc1[N+](=O)[O-]. The van der Waals surface area contributed by atoms with Crippen molar-refractivity contribution in [2.45, 2.75) is 33.1 Å². The fourth-order valence-electron chi connectivity index (χ4n) is 5.02. The Labute approximate surface area is 218 Å². The summed E-state index contributed by atoms with van der Waals surface area (Å²) >= 11 is 0. The summed E-state index contributed by atoms with van der Waals surface area (Å²) in [6.45, 7) is 5.40. The number of nitro groups is 1. The predicted octanol–water partition coefficient (Wildman–Crippen LogP) is 4.91. The number of nitro benzene ring substituents is 1. The number of para-hydroxylation sites is 2. The number of hydrogen-bond acceptors (Lipinski definition) is 4. The van der Waals surface area contributed by atoms with Crippen LogP contribution in [0.4, 0.5) is 5.69 Å². The molecule has 2 heterocycles. The summed E-state index contributed by atoms with van der Waals surface area (Å²) in [5, 5.41) is 18.2. The Kier molecular flexibility index (Phi) is 6.42. The van der Waals surface area contributed by atoms with Crippen LogP contribution < -0.4 is 11.1 Å². The van der Waals surface area contributed by atoms with Crippen LogP contribution in [-0.2, 0) is 6.42 Å². The third-order valence-corrected chi connectivity index (χ3v) is 6.86. The highest BCUT2D eigenvalue weighted by molar-refractivity contribution is 5.52. The molecule has 3 aromatic carbocycles. The molecule has 0 saturated carbocycles. The Morgan fingerprint density at radius 3 is 1.68 bits per heavy atom. The normalized spacial score (nSPS) is 11.3. The molecule has 0 fully saturated rings. The molecule has 5 aromatic rings. The molecule has 0 saturated heterocycles. The van der Waals surface area contributed by atoms with Crippen LogP contribution >= 0.6 is 0 Å². The lowest BCUT2D eigenvalue weighted by Gasteiger charge is -2.16. The van der Waals surface area contributed by atoms with E-state index in [2.05, 4.69) is 10.2 Å². The van der Waals surface area contributed by atoms with E-state index >= 15 is 0 Å². The lowest BCUT2D eigenvalue weighted by Crippen LogP contribution is -2.25. The Balaban J connectivity index is 1.81. The smallest absolute Gasteiger partial charge is 0.275 e. The third kappa shape index (κ3) is 4.17. The minimum Gasteiger partial charge on any atom is -0.295 e. The molecule has 0 aliphatic heterocycles. The van der Waals surface area contributed by atoms with Gasteiger partial charge in [-0.1, -0.05) is 55.5 Å². The molecule has 192 valence electrons. The molecule has 38 heavy (non-hydrogen) atoms. The molecule has 0 aliphatic rings. The maximum Gasteiger partial charge on any atom is 0.275 e. The van der Waals surface area contributed by atoms with Gasteiger partial charge in [0.1, 0.15) is 0 Å². The second kappa shape index (κ2) is 9.85. The average Bonchev–Trinajstić information content (AvgIpc) is 3.40.